The highest BCUT2D eigenvalue weighted by Crippen LogP contribution is 2.17. The molecule has 0 bridgehead atoms. The minimum absolute atomic E-state index is 0.0850. The molecule has 1 unspecified atom stereocenters. The number of nitro groups is 1. The van der Waals surface area contributed by atoms with Gasteiger partial charge in [-0.3, -0.25) is 24.6 Å². The molecule has 2 aromatic carbocycles. The third-order valence-electron chi connectivity index (χ3n) is 6.32. The van der Waals surface area contributed by atoms with E-state index in [0.29, 0.717) is 45.0 Å². The summed E-state index contributed by atoms with van der Waals surface area (Å²) < 4.78 is 25.1. The van der Waals surface area contributed by atoms with Crippen molar-refractivity contribution in [3.63, 3.8) is 0 Å². The van der Waals surface area contributed by atoms with E-state index in [1.807, 2.05) is 0 Å². The van der Waals surface area contributed by atoms with Gasteiger partial charge in [0.05, 0.1) is 30.8 Å². The van der Waals surface area contributed by atoms with Crippen LogP contribution in [0.2, 0.25) is 0 Å². The Bertz CT molecular complexity index is 1080. The summed E-state index contributed by atoms with van der Waals surface area (Å²) in [6, 6.07) is 11.1. The second-order valence-electron chi connectivity index (χ2n) is 8.76. The van der Waals surface area contributed by atoms with Crippen molar-refractivity contribution in [1.82, 2.24) is 14.7 Å². The van der Waals surface area contributed by atoms with Gasteiger partial charge in [0.25, 0.3) is 17.5 Å². The number of amides is 2. The molecule has 2 aliphatic heterocycles. The predicted molar refractivity (Wildman–Crippen MR) is 128 cm³/mol. The molecular formula is C25H29FN4O6. The van der Waals surface area contributed by atoms with E-state index in [2.05, 4.69) is 4.90 Å². The second kappa shape index (κ2) is 12.0. The first-order valence-electron chi connectivity index (χ1n) is 11.9. The number of non-ortho nitro benzene ring substituents is 1. The zero-order valence-electron chi connectivity index (χ0n) is 19.9. The Balaban J connectivity index is 1.43. The molecule has 2 aromatic rings. The van der Waals surface area contributed by atoms with Gasteiger partial charge < -0.3 is 19.3 Å². The number of rotatable bonds is 8. The van der Waals surface area contributed by atoms with Gasteiger partial charge in [-0.15, -0.1) is 0 Å². The zero-order chi connectivity index (χ0) is 25.5. The summed E-state index contributed by atoms with van der Waals surface area (Å²) in [5.41, 5.74) is 0.519. The average molecular weight is 501 g/mol. The highest BCUT2D eigenvalue weighted by molar-refractivity contribution is 5.95. The molecule has 2 aliphatic rings. The Hall–Kier alpha value is -3.41. The summed E-state index contributed by atoms with van der Waals surface area (Å²) in [5, 5.41) is 10.9. The van der Waals surface area contributed by atoms with Crippen LogP contribution in [0.5, 0.6) is 0 Å². The molecule has 1 atom stereocenters. The average Bonchev–Trinajstić information content (AvgIpc) is 2.91. The van der Waals surface area contributed by atoms with E-state index < -0.39 is 16.8 Å². The van der Waals surface area contributed by atoms with Crippen molar-refractivity contribution >= 4 is 17.5 Å². The van der Waals surface area contributed by atoms with Crippen LogP contribution in [-0.4, -0.2) is 103 Å². The van der Waals surface area contributed by atoms with E-state index in [9.17, 15) is 24.1 Å². The fourth-order valence-electron chi connectivity index (χ4n) is 4.34. The third-order valence-corrected chi connectivity index (χ3v) is 6.32. The molecule has 10 nitrogen and oxygen atoms in total. The molecule has 0 N–H and O–H groups in total. The fourth-order valence-corrected chi connectivity index (χ4v) is 4.34. The smallest absolute Gasteiger partial charge is 0.269 e. The van der Waals surface area contributed by atoms with E-state index in [-0.39, 0.29) is 36.2 Å². The van der Waals surface area contributed by atoms with Gasteiger partial charge in [0.2, 0.25) is 0 Å². The first kappa shape index (κ1) is 25.7. The number of hydrogen-bond donors (Lipinski definition) is 0. The lowest BCUT2D eigenvalue weighted by Crippen LogP contribution is -2.52. The van der Waals surface area contributed by atoms with E-state index in [0.717, 1.165) is 13.1 Å². The quantitative estimate of drug-likeness (QED) is 0.404. The Morgan fingerprint density at radius 2 is 1.81 bits per heavy atom. The highest BCUT2D eigenvalue weighted by Gasteiger charge is 2.29. The van der Waals surface area contributed by atoms with Crippen molar-refractivity contribution < 1.29 is 28.4 Å². The first-order valence-corrected chi connectivity index (χ1v) is 11.9. The number of nitrogens with zero attached hydrogens (tertiary/aromatic N) is 4. The number of carbonyl (C=O) groups is 2. The van der Waals surface area contributed by atoms with Gasteiger partial charge in [-0.1, -0.05) is 6.07 Å². The van der Waals surface area contributed by atoms with Gasteiger partial charge in [-0.25, -0.2) is 4.39 Å². The summed E-state index contributed by atoms with van der Waals surface area (Å²) >= 11 is 0. The third kappa shape index (κ3) is 6.62. The predicted octanol–water partition coefficient (Wildman–Crippen LogP) is 2.05. The number of hydrogen-bond acceptors (Lipinski definition) is 7. The lowest BCUT2D eigenvalue weighted by Gasteiger charge is -2.36. The van der Waals surface area contributed by atoms with Crippen molar-refractivity contribution in [2.24, 2.45) is 0 Å². The molecule has 2 saturated heterocycles. The van der Waals surface area contributed by atoms with Crippen molar-refractivity contribution in [2.75, 3.05) is 65.6 Å². The van der Waals surface area contributed by atoms with Gasteiger partial charge in [-0.2, -0.15) is 0 Å². The minimum atomic E-state index is -0.514. The second-order valence-corrected chi connectivity index (χ2v) is 8.76. The van der Waals surface area contributed by atoms with Gasteiger partial charge in [0.15, 0.2) is 0 Å². The molecule has 36 heavy (non-hydrogen) atoms. The number of halogens is 1. The molecule has 192 valence electrons. The maximum atomic E-state index is 13.8. The van der Waals surface area contributed by atoms with E-state index in [1.165, 1.54) is 42.5 Å². The maximum absolute atomic E-state index is 13.8. The Kier molecular flexibility index (Phi) is 8.57. The van der Waals surface area contributed by atoms with Crippen LogP contribution in [0, 0.1) is 15.9 Å². The summed E-state index contributed by atoms with van der Waals surface area (Å²) in [6.45, 7) is 5.08. The summed E-state index contributed by atoms with van der Waals surface area (Å²) in [4.78, 5) is 42.2. The number of carbonyl (C=O) groups excluding carboxylic acids is 2. The van der Waals surface area contributed by atoms with Crippen molar-refractivity contribution in [1.29, 1.82) is 0 Å². The van der Waals surface area contributed by atoms with E-state index in [4.69, 9.17) is 9.47 Å². The highest BCUT2D eigenvalue weighted by atomic mass is 19.1. The van der Waals surface area contributed by atoms with Crippen molar-refractivity contribution in [3.8, 4) is 0 Å². The topological polar surface area (TPSA) is 105 Å². The zero-order valence-corrected chi connectivity index (χ0v) is 19.9. The van der Waals surface area contributed by atoms with Crippen LogP contribution < -0.4 is 0 Å². The van der Waals surface area contributed by atoms with Crippen LogP contribution in [0.3, 0.4) is 0 Å². The fraction of sp³-hybridized carbons (Fsp3) is 0.440. The summed E-state index contributed by atoms with van der Waals surface area (Å²) in [6.07, 6.45) is -0.428. The Labute approximate surface area is 208 Å². The van der Waals surface area contributed by atoms with Gasteiger partial charge in [-0.05, 0) is 30.3 Å². The molecule has 0 aromatic heterocycles. The van der Waals surface area contributed by atoms with Gasteiger partial charge in [0.1, 0.15) is 5.82 Å². The van der Waals surface area contributed by atoms with Crippen molar-refractivity contribution in [3.05, 3.63) is 75.6 Å². The molecule has 0 radical (unpaired) electrons. The van der Waals surface area contributed by atoms with Crippen LogP contribution in [0.25, 0.3) is 0 Å². The lowest BCUT2D eigenvalue weighted by atomic mass is 10.1. The molecule has 2 fully saturated rings. The van der Waals surface area contributed by atoms with E-state index in [1.54, 1.807) is 15.9 Å². The molecule has 11 heteroatoms. The Morgan fingerprint density at radius 1 is 1.06 bits per heavy atom. The normalized spacial score (nSPS) is 18.6. The van der Waals surface area contributed by atoms with Crippen molar-refractivity contribution in [2.45, 2.75) is 6.10 Å². The standard InChI is InChI=1S/C25H29FN4O6/c26-21-3-1-2-20(16-21)25(32)28(9-8-27-10-13-35-14-11-27)17-23-18-29(12-15-36-23)24(31)19-4-6-22(7-5-19)30(33)34/h1-7,16,23H,8-15,17-18H2. The monoisotopic (exact) mass is 500 g/mol. The number of nitro benzene ring substituents is 1. The molecular weight excluding hydrogens is 471 g/mol. The van der Waals surface area contributed by atoms with Crippen LogP contribution in [0.4, 0.5) is 10.1 Å². The summed E-state index contributed by atoms with van der Waals surface area (Å²) in [5.74, 6) is -1.04. The van der Waals surface area contributed by atoms with Crippen LogP contribution in [-0.2, 0) is 9.47 Å². The number of ether oxygens (including phenoxy) is 2. The van der Waals surface area contributed by atoms with Gasteiger partial charge in [0, 0.05) is 69.1 Å². The molecule has 2 amide bonds. The number of benzene rings is 2. The SMILES string of the molecule is O=C(c1ccc([N+](=O)[O-])cc1)N1CCOC(CN(CCN2CCOCC2)C(=O)c2cccc(F)c2)C1. The molecule has 4 rings (SSSR count). The van der Waals surface area contributed by atoms with Crippen LogP contribution in [0.15, 0.2) is 48.5 Å². The molecule has 2 heterocycles. The minimum Gasteiger partial charge on any atom is -0.379 e. The Morgan fingerprint density at radius 3 is 2.50 bits per heavy atom. The molecule has 0 spiro atoms. The molecule has 0 aliphatic carbocycles. The maximum Gasteiger partial charge on any atom is 0.269 e. The molecule has 0 saturated carbocycles. The van der Waals surface area contributed by atoms with Crippen LogP contribution >= 0.6 is 0 Å². The van der Waals surface area contributed by atoms with Gasteiger partial charge >= 0.3 is 0 Å². The van der Waals surface area contributed by atoms with Crippen LogP contribution in [0.1, 0.15) is 20.7 Å². The lowest BCUT2D eigenvalue weighted by molar-refractivity contribution is -0.384. The first-order chi connectivity index (χ1) is 17.4. The largest absolute Gasteiger partial charge is 0.379 e. The summed E-state index contributed by atoms with van der Waals surface area (Å²) in [7, 11) is 0. The number of morpholine rings is 2. The van der Waals surface area contributed by atoms with E-state index >= 15 is 0 Å².